The zero-order valence-electron chi connectivity index (χ0n) is 20.5. The summed E-state index contributed by atoms with van der Waals surface area (Å²) in [7, 11) is 0. The van der Waals surface area contributed by atoms with Crippen molar-refractivity contribution in [3.63, 3.8) is 0 Å². The number of likely N-dealkylation sites (tertiary alicyclic amines) is 1. The van der Waals surface area contributed by atoms with Crippen LogP contribution >= 0.6 is 27.5 Å². The number of piperidine rings is 1. The number of carbonyl (C=O) groups excluding carboxylic acids is 1. The van der Waals surface area contributed by atoms with E-state index < -0.39 is 0 Å². The maximum absolute atomic E-state index is 13.9. The monoisotopic (exact) mass is 577 g/mol. The molecule has 2 aliphatic rings. The van der Waals surface area contributed by atoms with Crippen LogP contribution in [0.4, 0.5) is 5.82 Å². The third-order valence-electron chi connectivity index (χ3n) is 7.91. The highest BCUT2D eigenvalue weighted by Crippen LogP contribution is 2.43. The molecule has 0 bridgehead atoms. The normalized spacial score (nSPS) is 17.8. The summed E-state index contributed by atoms with van der Waals surface area (Å²) in [5, 5.41) is 8.88. The van der Waals surface area contributed by atoms with Gasteiger partial charge in [0.25, 0.3) is 0 Å². The second kappa shape index (κ2) is 10.1. The second-order valence-corrected chi connectivity index (χ2v) is 11.4. The molecule has 1 saturated heterocycles. The van der Waals surface area contributed by atoms with Gasteiger partial charge in [0.1, 0.15) is 5.82 Å². The zero-order valence-corrected chi connectivity index (χ0v) is 22.9. The maximum atomic E-state index is 13.9. The maximum Gasteiger partial charge on any atom is 0.233 e. The molecular formula is C29H29BrClN5O. The quantitative estimate of drug-likeness (QED) is 0.285. The fraction of sp³-hybridized carbons (Fsp3) is 0.345. The summed E-state index contributed by atoms with van der Waals surface area (Å²) in [5.74, 6) is 1.17. The van der Waals surface area contributed by atoms with E-state index in [-0.39, 0.29) is 11.5 Å². The predicted octanol–water partition coefficient (Wildman–Crippen LogP) is 6.73. The van der Waals surface area contributed by atoms with Crippen molar-refractivity contribution in [3.05, 3.63) is 81.9 Å². The number of fused-ring (bicyclic) bond motifs is 1. The van der Waals surface area contributed by atoms with Crippen LogP contribution in [-0.2, 0) is 10.2 Å². The lowest BCUT2D eigenvalue weighted by Gasteiger charge is -2.39. The molecule has 6 nitrogen and oxygen atoms in total. The highest BCUT2D eigenvalue weighted by molar-refractivity contribution is 9.10. The average Bonchev–Trinajstić information content (AvgIpc) is 3.58. The summed E-state index contributed by atoms with van der Waals surface area (Å²) in [5.41, 5.74) is 3.22. The van der Waals surface area contributed by atoms with Gasteiger partial charge in [-0.2, -0.15) is 9.61 Å². The Bertz CT molecular complexity index is 1430. The van der Waals surface area contributed by atoms with Crippen molar-refractivity contribution in [3.8, 4) is 11.3 Å². The third-order valence-corrected chi connectivity index (χ3v) is 8.79. The average molecular weight is 579 g/mol. The molecule has 2 aromatic carbocycles. The SMILES string of the molecule is O=C(N1CCC(Nc2cc(-c3ccccc3Cl)nc3c(Br)cnn23)CC1)C1(c2ccccc2)CCCC1. The van der Waals surface area contributed by atoms with Crippen molar-refractivity contribution in [2.24, 2.45) is 0 Å². The molecule has 8 heteroatoms. The molecule has 2 aromatic heterocycles. The Morgan fingerprint density at radius 2 is 1.73 bits per heavy atom. The van der Waals surface area contributed by atoms with Crippen molar-refractivity contribution in [2.75, 3.05) is 18.4 Å². The number of halogens is 2. The van der Waals surface area contributed by atoms with E-state index in [1.165, 1.54) is 5.56 Å². The first-order valence-electron chi connectivity index (χ1n) is 13.0. The van der Waals surface area contributed by atoms with E-state index in [1.807, 2.05) is 40.9 Å². The van der Waals surface area contributed by atoms with E-state index in [0.717, 1.165) is 78.8 Å². The number of nitrogens with one attached hydrogen (secondary N) is 1. The topological polar surface area (TPSA) is 62.5 Å². The largest absolute Gasteiger partial charge is 0.367 e. The van der Waals surface area contributed by atoms with Crippen LogP contribution in [0.15, 0.2) is 71.3 Å². The second-order valence-electron chi connectivity index (χ2n) is 10.1. The number of amides is 1. The Hall–Kier alpha value is -2.90. The van der Waals surface area contributed by atoms with Crippen molar-refractivity contribution in [2.45, 2.75) is 50.0 Å². The highest BCUT2D eigenvalue weighted by Gasteiger charge is 2.45. The summed E-state index contributed by atoms with van der Waals surface area (Å²) in [6.45, 7) is 1.50. The molecule has 2 fully saturated rings. The van der Waals surface area contributed by atoms with Crippen molar-refractivity contribution in [1.29, 1.82) is 0 Å². The molecule has 1 aliphatic carbocycles. The Balaban J connectivity index is 1.21. The van der Waals surface area contributed by atoms with E-state index in [4.69, 9.17) is 16.6 Å². The van der Waals surface area contributed by atoms with E-state index in [1.54, 1.807) is 6.20 Å². The lowest BCUT2D eigenvalue weighted by atomic mass is 9.77. The summed E-state index contributed by atoms with van der Waals surface area (Å²) >= 11 is 10.1. The molecule has 0 unspecified atom stereocenters. The fourth-order valence-electron chi connectivity index (χ4n) is 5.95. The number of carbonyl (C=O) groups is 1. The summed E-state index contributed by atoms with van der Waals surface area (Å²) in [6.07, 6.45) is 7.64. The highest BCUT2D eigenvalue weighted by atomic mass is 79.9. The Morgan fingerprint density at radius 3 is 2.46 bits per heavy atom. The van der Waals surface area contributed by atoms with Gasteiger partial charge in [-0.15, -0.1) is 0 Å². The smallest absolute Gasteiger partial charge is 0.233 e. The van der Waals surface area contributed by atoms with Crippen LogP contribution in [-0.4, -0.2) is 44.5 Å². The molecule has 1 aliphatic heterocycles. The van der Waals surface area contributed by atoms with Gasteiger partial charge >= 0.3 is 0 Å². The minimum Gasteiger partial charge on any atom is -0.367 e. The number of anilines is 1. The molecule has 1 N–H and O–H groups in total. The minimum absolute atomic E-state index is 0.230. The minimum atomic E-state index is -0.357. The number of aromatic nitrogens is 3. The van der Waals surface area contributed by atoms with E-state index in [9.17, 15) is 4.79 Å². The Labute approximate surface area is 230 Å². The van der Waals surface area contributed by atoms with Crippen LogP contribution in [0.1, 0.15) is 44.1 Å². The molecule has 4 aromatic rings. The number of benzene rings is 2. The molecule has 3 heterocycles. The fourth-order valence-corrected chi connectivity index (χ4v) is 6.53. The van der Waals surface area contributed by atoms with Gasteiger partial charge in [-0.05, 0) is 53.2 Å². The molecule has 190 valence electrons. The first kappa shape index (κ1) is 24.4. The lowest BCUT2D eigenvalue weighted by molar-refractivity contribution is -0.138. The number of rotatable bonds is 5. The Kier molecular flexibility index (Phi) is 6.67. The van der Waals surface area contributed by atoms with Crippen LogP contribution in [0.25, 0.3) is 16.9 Å². The van der Waals surface area contributed by atoms with Gasteiger partial charge in [-0.25, -0.2) is 4.98 Å². The van der Waals surface area contributed by atoms with Gasteiger partial charge in [-0.3, -0.25) is 4.79 Å². The number of nitrogens with zero attached hydrogens (tertiary/aromatic N) is 4. The third kappa shape index (κ3) is 4.53. The Morgan fingerprint density at radius 1 is 1.03 bits per heavy atom. The number of hydrogen-bond acceptors (Lipinski definition) is 4. The predicted molar refractivity (Wildman–Crippen MR) is 151 cm³/mol. The van der Waals surface area contributed by atoms with Crippen LogP contribution in [0.5, 0.6) is 0 Å². The van der Waals surface area contributed by atoms with Gasteiger partial charge in [0.05, 0.1) is 21.8 Å². The van der Waals surface area contributed by atoms with Gasteiger partial charge in [0.15, 0.2) is 5.65 Å². The van der Waals surface area contributed by atoms with Gasteiger partial charge in [0, 0.05) is 35.8 Å². The van der Waals surface area contributed by atoms with Crippen molar-refractivity contribution < 1.29 is 4.79 Å². The zero-order chi connectivity index (χ0) is 25.4. The van der Waals surface area contributed by atoms with Crippen molar-refractivity contribution in [1.82, 2.24) is 19.5 Å². The van der Waals surface area contributed by atoms with Crippen LogP contribution in [0, 0.1) is 0 Å². The van der Waals surface area contributed by atoms with Gasteiger partial charge in [0.2, 0.25) is 5.91 Å². The summed E-state index contributed by atoms with van der Waals surface area (Å²) in [6, 6.07) is 20.4. The standard InChI is InChI=1S/C29H29BrClN5O/c30-23-19-32-36-26(18-25(34-27(23)36)22-10-4-5-11-24(22)31)33-21-12-16-35(17-13-21)28(37)29(14-6-7-15-29)20-8-2-1-3-9-20/h1-5,8-11,18-19,21,33H,6-7,12-17H2. The van der Waals surface area contributed by atoms with Gasteiger partial charge < -0.3 is 10.2 Å². The molecule has 0 atom stereocenters. The molecule has 1 amide bonds. The first-order chi connectivity index (χ1) is 18.0. The van der Waals surface area contributed by atoms with Crippen LogP contribution < -0.4 is 5.32 Å². The first-order valence-corrected chi connectivity index (χ1v) is 14.1. The van der Waals surface area contributed by atoms with Gasteiger partial charge in [-0.1, -0.05) is 73.0 Å². The van der Waals surface area contributed by atoms with Crippen molar-refractivity contribution >= 4 is 44.9 Å². The molecule has 0 spiro atoms. The van der Waals surface area contributed by atoms with E-state index >= 15 is 0 Å². The molecule has 1 saturated carbocycles. The lowest BCUT2D eigenvalue weighted by Crippen LogP contribution is -2.50. The summed E-state index contributed by atoms with van der Waals surface area (Å²) in [4.78, 5) is 20.8. The molecule has 37 heavy (non-hydrogen) atoms. The molecule has 6 rings (SSSR count). The van der Waals surface area contributed by atoms with Crippen LogP contribution in [0.3, 0.4) is 0 Å². The van der Waals surface area contributed by atoms with E-state index in [2.05, 4.69) is 55.5 Å². The molecule has 0 radical (unpaired) electrons. The van der Waals surface area contributed by atoms with E-state index in [0.29, 0.717) is 10.9 Å². The summed E-state index contributed by atoms with van der Waals surface area (Å²) < 4.78 is 2.65. The number of hydrogen-bond donors (Lipinski definition) is 1. The molecular weight excluding hydrogens is 550 g/mol. The van der Waals surface area contributed by atoms with Crippen LogP contribution in [0.2, 0.25) is 5.02 Å².